The normalized spacial score (nSPS) is 14.0. The summed E-state index contributed by atoms with van der Waals surface area (Å²) in [5, 5.41) is 10.6. The van der Waals surface area contributed by atoms with E-state index in [2.05, 4.69) is 26.2 Å². The van der Waals surface area contributed by atoms with Gasteiger partial charge in [-0.1, -0.05) is 30.3 Å². The van der Waals surface area contributed by atoms with E-state index in [1.165, 1.54) is 12.1 Å². The van der Waals surface area contributed by atoms with E-state index in [0.717, 1.165) is 6.07 Å². The lowest BCUT2D eigenvalue weighted by atomic mass is 10.0. The largest absolute Gasteiger partial charge is 0.326 e. The average Bonchev–Trinajstić information content (AvgIpc) is 3.48. The Morgan fingerprint density at radius 1 is 1.13 bits per heavy atom. The van der Waals surface area contributed by atoms with E-state index in [1.807, 2.05) is 0 Å². The topological polar surface area (TPSA) is 100.0 Å². The molecule has 3 rings (SSSR count). The molecule has 0 saturated heterocycles. The van der Waals surface area contributed by atoms with Gasteiger partial charge in [0.25, 0.3) is 0 Å². The molecular formula is C21H21FN4O3S. The summed E-state index contributed by atoms with van der Waals surface area (Å²) in [4.78, 5) is 12.2. The molecule has 7 nitrogen and oxygen atoms in total. The van der Waals surface area contributed by atoms with Crippen molar-refractivity contribution >= 4 is 27.3 Å². The minimum absolute atomic E-state index is 0.157. The highest BCUT2D eigenvalue weighted by Crippen LogP contribution is 2.37. The second-order valence-corrected chi connectivity index (χ2v) is 8.70. The molecule has 9 heteroatoms. The third kappa shape index (κ3) is 6.12. The third-order valence-corrected chi connectivity index (χ3v) is 5.76. The minimum atomic E-state index is -3.83. The van der Waals surface area contributed by atoms with Gasteiger partial charge in [0.15, 0.2) is 5.66 Å². The summed E-state index contributed by atoms with van der Waals surface area (Å²) in [6, 6.07) is 12.3. The van der Waals surface area contributed by atoms with Gasteiger partial charge in [0.1, 0.15) is 5.82 Å². The monoisotopic (exact) mass is 428 g/mol. The molecule has 0 aliphatic carbocycles. The Bertz CT molecular complexity index is 1090. The summed E-state index contributed by atoms with van der Waals surface area (Å²) in [6.45, 7) is 0. The van der Waals surface area contributed by atoms with Gasteiger partial charge in [-0.3, -0.25) is 9.52 Å². The fraction of sp³-hybridized carbons (Fsp3) is 0.286. The van der Waals surface area contributed by atoms with Crippen molar-refractivity contribution in [3.63, 3.8) is 0 Å². The van der Waals surface area contributed by atoms with E-state index in [9.17, 15) is 17.6 Å². The van der Waals surface area contributed by atoms with Crippen molar-refractivity contribution in [3.05, 3.63) is 59.9 Å². The van der Waals surface area contributed by atoms with Crippen LogP contribution in [0.5, 0.6) is 0 Å². The van der Waals surface area contributed by atoms with Crippen molar-refractivity contribution in [3.8, 4) is 12.3 Å². The van der Waals surface area contributed by atoms with Gasteiger partial charge >= 0.3 is 0 Å². The molecule has 1 aliphatic heterocycles. The highest BCUT2D eigenvalue weighted by Gasteiger charge is 2.39. The van der Waals surface area contributed by atoms with Crippen LogP contribution in [-0.2, 0) is 20.6 Å². The molecule has 1 heterocycles. The number of carbonyl (C=O) groups excluding carboxylic acids is 1. The number of hydrogen-bond donors (Lipinski definition) is 2. The van der Waals surface area contributed by atoms with Crippen LogP contribution in [0.25, 0.3) is 0 Å². The molecule has 2 aromatic rings. The standard InChI is InChI=1S/C21H21FN4O3S/c1-2-3-12-21(25-26-21)13-11-20(27)23-17-9-10-18(22)19(14-17)24-30(28,29)15-16-7-5-4-6-8-16/h1,4-10,14,24H,3,11-13,15H2,(H,23,27). The molecular weight excluding hydrogens is 407 g/mol. The van der Waals surface area contributed by atoms with Crippen LogP contribution in [0, 0.1) is 18.2 Å². The number of terminal acetylenes is 1. The van der Waals surface area contributed by atoms with Crippen LogP contribution in [0.3, 0.4) is 0 Å². The number of benzene rings is 2. The third-order valence-electron chi connectivity index (χ3n) is 4.52. The van der Waals surface area contributed by atoms with E-state index < -0.39 is 21.5 Å². The maximum absolute atomic E-state index is 14.1. The van der Waals surface area contributed by atoms with E-state index in [-0.39, 0.29) is 29.5 Å². The number of nitrogens with zero attached hydrogens (tertiary/aromatic N) is 2. The highest BCUT2D eigenvalue weighted by atomic mass is 32.2. The molecule has 2 N–H and O–H groups in total. The van der Waals surface area contributed by atoms with Gasteiger partial charge in [-0.15, -0.1) is 12.3 Å². The smallest absolute Gasteiger partial charge is 0.237 e. The molecule has 1 aliphatic rings. The van der Waals surface area contributed by atoms with Crippen LogP contribution in [0.2, 0.25) is 0 Å². The fourth-order valence-electron chi connectivity index (χ4n) is 2.88. The van der Waals surface area contributed by atoms with E-state index in [0.29, 0.717) is 24.8 Å². The maximum atomic E-state index is 14.1. The minimum Gasteiger partial charge on any atom is -0.326 e. The van der Waals surface area contributed by atoms with Gasteiger partial charge in [0.05, 0.1) is 11.4 Å². The van der Waals surface area contributed by atoms with Crippen molar-refractivity contribution in [2.45, 2.75) is 37.1 Å². The Balaban J connectivity index is 1.59. The molecule has 0 aromatic heterocycles. The van der Waals surface area contributed by atoms with Crippen molar-refractivity contribution in [2.75, 3.05) is 10.0 Å². The zero-order valence-electron chi connectivity index (χ0n) is 16.1. The number of anilines is 2. The quantitative estimate of drug-likeness (QED) is 0.558. The molecule has 0 saturated carbocycles. The molecule has 0 radical (unpaired) electrons. The molecule has 30 heavy (non-hydrogen) atoms. The summed E-state index contributed by atoms with van der Waals surface area (Å²) in [5.41, 5.74) is 0.0530. The lowest BCUT2D eigenvalue weighted by Gasteiger charge is -2.12. The van der Waals surface area contributed by atoms with Gasteiger partial charge in [0, 0.05) is 31.4 Å². The Morgan fingerprint density at radius 3 is 2.53 bits per heavy atom. The number of sulfonamides is 1. The molecule has 0 unspecified atom stereocenters. The Hall–Kier alpha value is -3.25. The van der Waals surface area contributed by atoms with E-state index in [1.54, 1.807) is 30.3 Å². The van der Waals surface area contributed by atoms with Crippen LogP contribution in [0.1, 0.15) is 31.2 Å². The van der Waals surface area contributed by atoms with Crippen molar-refractivity contribution in [1.82, 2.24) is 0 Å². The zero-order chi connectivity index (χ0) is 21.6. The van der Waals surface area contributed by atoms with E-state index in [4.69, 9.17) is 6.42 Å². The summed E-state index contributed by atoms with van der Waals surface area (Å²) in [5.74, 6) is 1.18. The predicted octanol–water partition coefficient (Wildman–Crippen LogP) is 4.06. The molecule has 2 aromatic carbocycles. The summed E-state index contributed by atoms with van der Waals surface area (Å²) >= 11 is 0. The van der Waals surface area contributed by atoms with Crippen LogP contribution < -0.4 is 10.0 Å². The SMILES string of the molecule is C#CCCC1(CCC(=O)Nc2ccc(F)c(NS(=O)(=O)Cc3ccccc3)c2)N=N1. The van der Waals surface area contributed by atoms with Gasteiger partial charge in [-0.05, 0) is 23.8 Å². The summed E-state index contributed by atoms with van der Waals surface area (Å²) in [7, 11) is -3.83. The molecule has 0 atom stereocenters. The fourth-order valence-corrected chi connectivity index (χ4v) is 4.08. The van der Waals surface area contributed by atoms with Crippen LogP contribution in [0.15, 0.2) is 58.8 Å². The molecule has 0 fully saturated rings. The predicted molar refractivity (Wildman–Crippen MR) is 113 cm³/mol. The zero-order valence-corrected chi connectivity index (χ0v) is 17.0. The number of halogens is 1. The first kappa shape index (κ1) is 21.5. The first-order chi connectivity index (χ1) is 14.3. The van der Waals surface area contributed by atoms with Crippen LogP contribution >= 0.6 is 0 Å². The lowest BCUT2D eigenvalue weighted by Crippen LogP contribution is -2.18. The second-order valence-electron chi connectivity index (χ2n) is 6.98. The van der Waals surface area contributed by atoms with Crippen molar-refractivity contribution in [1.29, 1.82) is 0 Å². The number of carbonyl (C=O) groups is 1. The molecule has 1 amide bonds. The van der Waals surface area contributed by atoms with Gasteiger partial charge in [-0.2, -0.15) is 10.2 Å². The second kappa shape index (κ2) is 9.05. The van der Waals surface area contributed by atoms with Gasteiger partial charge in [0.2, 0.25) is 15.9 Å². The average molecular weight is 428 g/mol. The Kier molecular flexibility index (Phi) is 6.47. The van der Waals surface area contributed by atoms with Gasteiger partial charge < -0.3 is 5.32 Å². The summed E-state index contributed by atoms with van der Waals surface area (Å²) < 4.78 is 41.1. The van der Waals surface area contributed by atoms with Crippen molar-refractivity contribution < 1.29 is 17.6 Å². The molecule has 0 spiro atoms. The van der Waals surface area contributed by atoms with Gasteiger partial charge in [-0.25, -0.2) is 12.8 Å². The Labute approximate surface area is 174 Å². The number of rotatable bonds is 10. The molecule has 156 valence electrons. The maximum Gasteiger partial charge on any atom is 0.237 e. The first-order valence-corrected chi connectivity index (χ1v) is 11.0. The van der Waals surface area contributed by atoms with E-state index >= 15 is 0 Å². The van der Waals surface area contributed by atoms with Crippen molar-refractivity contribution in [2.24, 2.45) is 10.2 Å². The first-order valence-electron chi connectivity index (χ1n) is 9.32. The summed E-state index contributed by atoms with van der Waals surface area (Å²) in [6.07, 6.45) is 6.95. The Morgan fingerprint density at radius 2 is 1.87 bits per heavy atom. The van der Waals surface area contributed by atoms with Crippen LogP contribution in [-0.4, -0.2) is 20.0 Å². The number of hydrogen-bond acceptors (Lipinski definition) is 5. The number of amides is 1. The number of nitrogens with one attached hydrogen (secondary N) is 2. The van der Waals surface area contributed by atoms with Crippen LogP contribution in [0.4, 0.5) is 15.8 Å². The molecule has 0 bridgehead atoms. The lowest BCUT2D eigenvalue weighted by molar-refractivity contribution is -0.116. The highest BCUT2D eigenvalue weighted by molar-refractivity contribution is 7.91.